The van der Waals surface area contributed by atoms with Crippen molar-refractivity contribution in [2.45, 2.75) is 50.7 Å². The van der Waals surface area contributed by atoms with Crippen molar-refractivity contribution in [2.75, 3.05) is 11.9 Å². The number of hydrogen-bond acceptors (Lipinski definition) is 7. The van der Waals surface area contributed by atoms with Gasteiger partial charge in [0.15, 0.2) is 5.69 Å². The standard InChI is InChI=1S/C18H21N7O2/c1-11-4-5-25(11)18(26)27-14-3-2-12(6-14)15-7-16(24-23-15)22-17-10-20-13(8-19)9-21-17/h7,9-12,14H,2-6H2,1H3,(H2,21,22,23,24)/t11?,12-,14+/m0/s1. The van der Waals surface area contributed by atoms with E-state index in [0.29, 0.717) is 17.7 Å². The van der Waals surface area contributed by atoms with Crippen molar-refractivity contribution in [1.82, 2.24) is 25.1 Å². The van der Waals surface area contributed by atoms with Crippen LogP contribution >= 0.6 is 0 Å². The average Bonchev–Trinajstić information content (AvgIpc) is 3.30. The number of hydrogen-bond donors (Lipinski definition) is 2. The minimum Gasteiger partial charge on any atom is -0.446 e. The minimum absolute atomic E-state index is 0.0483. The molecule has 1 aliphatic heterocycles. The van der Waals surface area contributed by atoms with Gasteiger partial charge in [-0.3, -0.25) is 5.10 Å². The van der Waals surface area contributed by atoms with Gasteiger partial charge in [-0.1, -0.05) is 0 Å². The van der Waals surface area contributed by atoms with Gasteiger partial charge in [-0.25, -0.2) is 14.8 Å². The number of rotatable bonds is 4. The monoisotopic (exact) mass is 367 g/mol. The molecule has 140 valence electrons. The van der Waals surface area contributed by atoms with E-state index in [1.165, 1.54) is 12.4 Å². The van der Waals surface area contributed by atoms with Gasteiger partial charge in [0.25, 0.3) is 0 Å². The van der Waals surface area contributed by atoms with E-state index in [2.05, 4.69) is 25.5 Å². The highest BCUT2D eigenvalue weighted by Crippen LogP contribution is 2.36. The molecule has 4 rings (SSSR count). The van der Waals surface area contributed by atoms with E-state index in [4.69, 9.17) is 10.00 Å². The number of carbonyl (C=O) groups is 1. The molecule has 1 unspecified atom stereocenters. The van der Waals surface area contributed by atoms with Crippen LogP contribution in [0, 0.1) is 11.3 Å². The Labute approximate surface area is 156 Å². The second-order valence-electron chi connectivity index (χ2n) is 7.08. The molecule has 0 radical (unpaired) electrons. The van der Waals surface area contributed by atoms with Gasteiger partial charge in [-0.15, -0.1) is 0 Å². The molecule has 0 bridgehead atoms. The molecule has 2 aliphatic rings. The largest absolute Gasteiger partial charge is 0.446 e. The molecule has 2 aromatic heterocycles. The van der Waals surface area contributed by atoms with Gasteiger partial charge < -0.3 is 15.0 Å². The number of nitrogens with one attached hydrogen (secondary N) is 2. The highest BCUT2D eigenvalue weighted by Gasteiger charge is 2.34. The average molecular weight is 367 g/mol. The zero-order chi connectivity index (χ0) is 18.8. The van der Waals surface area contributed by atoms with Crippen LogP contribution in [-0.2, 0) is 4.74 Å². The fraction of sp³-hybridized carbons (Fsp3) is 0.500. The van der Waals surface area contributed by atoms with E-state index < -0.39 is 0 Å². The van der Waals surface area contributed by atoms with E-state index in [-0.39, 0.29) is 23.8 Å². The van der Waals surface area contributed by atoms with Crippen LogP contribution in [0.4, 0.5) is 16.4 Å². The second kappa shape index (κ2) is 7.23. The van der Waals surface area contributed by atoms with Crippen molar-refractivity contribution in [3.05, 3.63) is 29.8 Å². The third kappa shape index (κ3) is 3.69. The number of H-pyrrole nitrogens is 1. The highest BCUT2D eigenvalue weighted by atomic mass is 16.6. The van der Waals surface area contributed by atoms with Crippen molar-refractivity contribution >= 4 is 17.7 Å². The summed E-state index contributed by atoms with van der Waals surface area (Å²) in [7, 11) is 0. The first kappa shape index (κ1) is 17.3. The quantitative estimate of drug-likeness (QED) is 0.852. The molecule has 3 atom stereocenters. The van der Waals surface area contributed by atoms with Gasteiger partial charge in [0, 0.05) is 24.6 Å². The van der Waals surface area contributed by atoms with Crippen LogP contribution in [0.1, 0.15) is 49.9 Å². The summed E-state index contributed by atoms with van der Waals surface area (Å²) in [6.45, 7) is 2.83. The Morgan fingerprint density at radius 3 is 2.93 bits per heavy atom. The highest BCUT2D eigenvalue weighted by molar-refractivity contribution is 5.69. The molecule has 2 aromatic rings. The Bertz CT molecular complexity index is 857. The molecular weight excluding hydrogens is 346 g/mol. The molecule has 0 aromatic carbocycles. The number of nitriles is 1. The zero-order valence-corrected chi connectivity index (χ0v) is 15.1. The molecule has 1 amide bonds. The lowest BCUT2D eigenvalue weighted by Crippen LogP contribution is -2.50. The molecule has 2 fully saturated rings. The summed E-state index contributed by atoms with van der Waals surface area (Å²) in [5, 5.41) is 19.2. The third-order valence-corrected chi connectivity index (χ3v) is 5.25. The number of amides is 1. The van der Waals surface area contributed by atoms with Crippen LogP contribution in [0.2, 0.25) is 0 Å². The van der Waals surface area contributed by atoms with E-state index >= 15 is 0 Å². The van der Waals surface area contributed by atoms with Gasteiger partial charge in [-0.2, -0.15) is 10.4 Å². The van der Waals surface area contributed by atoms with Crippen molar-refractivity contribution in [3.63, 3.8) is 0 Å². The predicted octanol–water partition coefficient (Wildman–Crippen LogP) is 2.68. The zero-order valence-electron chi connectivity index (χ0n) is 15.1. The molecule has 2 N–H and O–H groups in total. The molecule has 1 saturated heterocycles. The first-order valence-electron chi connectivity index (χ1n) is 9.14. The summed E-state index contributed by atoms with van der Waals surface area (Å²) < 4.78 is 5.65. The Kier molecular flexibility index (Phi) is 4.62. The lowest BCUT2D eigenvalue weighted by atomic mass is 10.0. The van der Waals surface area contributed by atoms with Crippen LogP contribution in [0.15, 0.2) is 18.5 Å². The Hall–Kier alpha value is -3.15. The van der Waals surface area contributed by atoms with Crippen LogP contribution in [0.5, 0.6) is 0 Å². The number of nitrogens with zero attached hydrogens (tertiary/aromatic N) is 5. The maximum Gasteiger partial charge on any atom is 0.410 e. The summed E-state index contributed by atoms with van der Waals surface area (Å²) in [4.78, 5) is 22.0. The summed E-state index contributed by atoms with van der Waals surface area (Å²) in [6.07, 6.45) is 6.31. The van der Waals surface area contributed by atoms with Crippen molar-refractivity contribution in [2.24, 2.45) is 0 Å². The molecule has 9 nitrogen and oxygen atoms in total. The van der Waals surface area contributed by atoms with Gasteiger partial charge in [0.05, 0.1) is 18.1 Å². The maximum atomic E-state index is 12.1. The summed E-state index contributed by atoms with van der Waals surface area (Å²) in [5.74, 6) is 1.50. The van der Waals surface area contributed by atoms with Crippen LogP contribution < -0.4 is 5.32 Å². The Morgan fingerprint density at radius 1 is 1.37 bits per heavy atom. The van der Waals surface area contributed by atoms with Gasteiger partial charge in [0.1, 0.15) is 23.8 Å². The Balaban J connectivity index is 1.32. The Morgan fingerprint density at radius 2 is 2.26 bits per heavy atom. The minimum atomic E-state index is -0.192. The normalized spacial score (nSPS) is 24.1. The summed E-state index contributed by atoms with van der Waals surface area (Å²) in [6, 6.07) is 4.16. The molecular formula is C18H21N7O2. The third-order valence-electron chi connectivity index (χ3n) is 5.25. The SMILES string of the molecule is CC1CCN1C(=O)O[C@@H]1CC[C@H](c2cc(Nc3cnc(C#N)cn3)[nH]n2)C1. The number of carbonyl (C=O) groups excluding carboxylic acids is 1. The van der Waals surface area contributed by atoms with E-state index in [0.717, 1.165) is 37.9 Å². The smallest absolute Gasteiger partial charge is 0.410 e. The first-order chi connectivity index (χ1) is 13.1. The molecule has 0 spiro atoms. The predicted molar refractivity (Wildman–Crippen MR) is 96.3 cm³/mol. The first-order valence-corrected chi connectivity index (χ1v) is 9.14. The van der Waals surface area contributed by atoms with Crippen LogP contribution in [0.25, 0.3) is 0 Å². The number of anilines is 2. The maximum absolute atomic E-state index is 12.1. The number of ether oxygens (including phenoxy) is 1. The molecule has 9 heteroatoms. The molecule has 1 saturated carbocycles. The van der Waals surface area contributed by atoms with E-state index in [1.54, 1.807) is 4.90 Å². The van der Waals surface area contributed by atoms with Crippen molar-refractivity contribution in [1.29, 1.82) is 5.26 Å². The topological polar surface area (TPSA) is 120 Å². The fourth-order valence-corrected chi connectivity index (χ4v) is 3.51. The molecule has 1 aliphatic carbocycles. The van der Waals surface area contributed by atoms with Crippen LogP contribution in [0.3, 0.4) is 0 Å². The molecule has 3 heterocycles. The van der Waals surface area contributed by atoms with Crippen LogP contribution in [-0.4, -0.2) is 49.8 Å². The summed E-state index contributed by atoms with van der Waals surface area (Å²) in [5.41, 5.74) is 1.21. The van der Waals surface area contributed by atoms with E-state index in [1.807, 2.05) is 19.1 Å². The number of aromatic nitrogens is 4. The second-order valence-corrected chi connectivity index (χ2v) is 7.08. The molecule has 27 heavy (non-hydrogen) atoms. The van der Waals surface area contributed by atoms with E-state index in [9.17, 15) is 4.79 Å². The van der Waals surface area contributed by atoms with Gasteiger partial charge in [-0.05, 0) is 32.6 Å². The lowest BCUT2D eigenvalue weighted by molar-refractivity contribution is 0.0281. The number of aromatic amines is 1. The van der Waals surface area contributed by atoms with Gasteiger partial charge in [0.2, 0.25) is 0 Å². The van der Waals surface area contributed by atoms with Crippen molar-refractivity contribution < 1.29 is 9.53 Å². The fourth-order valence-electron chi connectivity index (χ4n) is 3.51. The van der Waals surface area contributed by atoms with Gasteiger partial charge >= 0.3 is 6.09 Å². The lowest BCUT2D eigenvalue weighted by Gasteiger charge is -2.38. The van der Waals surface area contributed by atoms with Crippen molar-refractivity contribution in [3.8, 4) is 6.07 Å². The summed E-state index contributed by atoms with van der Waals surface area (Å²) >= 11 is 0. The number of likely N-dealkylation sites (tertiary alicyclic amines) is 1.